The quantitative estimate of drug-likeness (QED) is 0.837. The molecule has 1 saturated carbocycles. The number of aliphatic hydroxyl groups excluding tert-OH is 1. The highest BCUT2D eigenvalue weighted by molar-refractivity contribution is 5.14. The number of alkyl halides is 2. The molecule has 1 aromatic carbocycles. The fraction of sp³-hybridized carbons (Fsp3) is 0.500. The maximum Gasteiger partial charge on any atom is 0.259 e. The fourth-order valence-corrected chi connectivity index (χ4v) is 1.69. The van der Waals surface area contributed by atoms with Crippen molar-refractivity contribution in [1.29, 1.82) is 0 Å². The maximum absolute atomic E-state index is 12.9. The number of halogens is 2. The second-order valence-corrected chi connectivity index (χ2v) is 4.30. The molecule has 0 saturated heterocycles. The second-order valence-electron chi connectivity index (χ2n) is 4.30. The van der Waals surface area contributed by atoms with Gasteiger partial charge in [-0.3, -0.25) is 0 Å². The van der Waals surface area contributed by atoms with Gasteiger partial charge in [-0.2, -0.15) is 0 Å². The summed E-state index contributed by atoms with van der Waals surface area (Å²) in [6, 6.07) is 9.36. The van der Waals surface area contributed by atoms with Gasteiger partial charge in [0.05, 0.1) is 25.2 Å². The summed E-state index contributed by atoms with van der Waals surface area (Å²) in [6.07, 6.45) is -0.273. The first-order valence-electron chi connectivity index (χ1n) is 5.20. The molecule has 1 atom stereocenters. The Bertz CT molecular complexity index is 353. The zero-order chi connectivity index (χ0) is 11.6. The van der Waals surface area contributed by atoms with Gasteiger partial charge in [-0.05, 0) is 5.56 Å². The molecule has 0 radical (unpaired) electrons. The van der Waals surface area contributed by atoms with Crippen LogP contribution in [-0.4, -0.2) is 24.2 Å². The van der Waals surface area contributed by atoms with E-state index in [1.165, 1.54) is 0 Å². The van der Waals surface area contributed by atoms with Crippen molar-refractivity contribution in [2.75, 3.05) is 13.2 Å². The van der Waals surface area contributed by atoms with Crippen molar-refractivity contribution in [2.24, 2.45) is 5.41 Å². The molecule has 88 valence electrons. The second kappa shape index (κ2) is 4.11. The third kappa shape index (κ3) is 2.08. The Morgan fingerprint density at radius 3 is 2.38 bits per heavy atom. The molecule has 0 unspecified atom stereocenters. The Hall–Kier alpha value is -1.00. The van der Waals surface area contributed by atoms with Gasteiger partial charge >= 0.3 is 0 Å². The summed E-state index contributed by atoms with van der Waals surface area (Å²) < 4.78 is 31.1. The SMILES string of the molecule is OC[C@@]1(COCc2ccccc2)CC1(F)F. The van der Waals surface area contributed by atoms with E-state index in [4.69, 9.17) is 9.84 Å². The molecule has 1 fully saturated rings. The van der Waals surface area contributed by atoms with Crippen LogP contribution in [0.2, 0.25) is 0 Å². The minimum atomic E-state index is -2.77. The lowest BCUT2D eigenvalue weighted by Crippen LogP contribution is -2.22. The van der Waals surface area contributed by atoms with Crippen molar-refractivity contribution in [2.45, 2.75) is 19.0 Å². The molecule has 0 spiro atoms. The van der Waals surface area contributed by atoms with E-state index in [0.29, 0.717) is 6.61 Å². The summed E-state index contributed by atoms with van der Waals surface area (Å²) in [5.41, 5.74) is -0.388. The molecule has 2 rings (SSSR count). The highest BCUT2D eigenvalue weighted by atomic mass is 19.3. The van der Waals surface area contributed by atoms with Gasteiger partial charge < -0.3 is 9.84 Å². The van der Waals surface area contributed by atoms with Gasteiger partial charge in [0.1, 0.15) is 0 Å². The average Bonchev–Trinajstić information content (AvgIpc) is 2.83. The van der Waals surface area contributed by atoms with E-state index in [1.807, 2.05) is 30.3 Å². The molecule has 1 aliphatic rings. The van der Waals surface area contributed by atoms with Crippen LogP contribution in [0.1, 0.15) is 12.0 Å². The Kier molecular flexibility index (Phi) is 2.95. The summed E-state index contributed by atoms with van der Waals surface area (Å²) in [6.45, 7) is -0.307. The first-order chi connectivity index (χ1) is 7.60. The van der Waals surface area contributed by atoms with Gasteiger partial charge in [0.15, 0.2) is 0 Å². The number of aliphatic hydroxyl groups is 1. The Morgan fingerprint density at radius 2 is 1.88 bits per heavy atom. The summed E-state index contributed by atoms with van der Waals surface area (Å²) in [5.74, 6) is -2.77. The van der Waals surface area contributed by atoms with E-state index in [1.54, 1.807) is 0 Å². The van der Waals surface area contributed by atoms with Crippen LogP contribution in [0.4, 0.5) is 8.78 Å². The van der Waals surface area contributed by atoms with E-state index in [0.717, 1.165) is 5.56 Å². The van der Waals surface area contributed by atoms with Crippen LogP contribution < -0.4 is 0 Å². The normalized spacial score (nSPS) is 26.7. The van der Waals surface area contributed by atoms with Crippen molar-refractivity contribution in [1.82, 2.24) is 0 Å². The van der Waals surface area contributed by atoms with Crippen molar-refractivity contribution in [3.8, 4) is 0 Å². The van der Waals surface area contributed by atoms with Gasteiger partial charge in [-0.1, -0.05) is 30.3 Å². The highest BCUT2D eigenvalue weighted by Crippen LogP contribution is 2.60. The topological polar surface area (TPSA) is 29.5 Å². The number of ether oxygens (including phenoxy) is 1. The monoisotopic (exact) mass is 228 g/mol. The predicted octanol–water partition coefficient (Wildman–Crippen LogP) is 2.22. The van der Waals surface area contributed by atoms with Crippen LogP contribution in [0.3, 0.4) is 0 Å². The molecule has 0 bridgehead atoms. The van der Waals surface area contributed by atoms with Crippen LogP contribution in [0.25, 0.3) is 0 Å². The van der Waals surface area contributed by atoms with Crippen molar-refractivity contribution in [3.05, 3.63) is 35.9 Å². The van der Waals surface area contributed by atoms with Crippen molar-refractivity contribution >= 4 is 0 Å². The van der Waals surface area contributed by atoms with Gasteiger partial charge in [0.2, 0.25) is 0 Å². The molecule has 1 aromatic rings. The van der Waals surface area contributed by atoms with Gasteiger partial charge in [0, 0.05) is 6.42 Å². The Labute approximate surface area is 92.9 Å². The number of benzene rings is 1. The van der Waals surface area contributed by atoms with Crippen LogP contribution in [0.5, 0.6) is 0 Å². The van der Waals surface area contributed by atoms with E-state index in [2.05, 4.69) is 0 Å². The Morgan fingerprint density at radius 1 is 1.25 bits per heavy atom. The third-order valence-electron chi connectivity index (χ3n) is 3.00. The molecule has 0 aromatic heterocycles. The van der Waals surface area contributed by atoms with Gasteiger partial charge in [-0.25, -0.2) is 8.78 Å². The van der Waals surface area contributed by atoms with E-state index >= 15 is 0 Å². The highest BCUT2D eigenvalue weighted by Gasteiger charge is 2.70. The molecule has 0 heterocycles. The molecule has 16 heavy (non-hydrogen) atoms. The standard InChI is InChI=1S/C12H14F2O2/c13-12(14)7-11(12,8-15)9-16-6-10-4-2-1-3-5-10/h1-5,15H,6-9H2/t11-/m1/s1. The fourth-order valence-electron chi connectivity index (χ4n) is 1.69. The predicted molar refractivity (Wildman–Crippen MR) is 55.2 cm³/mol. The molecule has 2 nitrogen and oxygen atoms in total. The van der Waals surface area contributed by atoms with Crippen LogP contribution in [0.15, 0.2) is 30.3 Å². The molecule has 1 N–H and O–H groups in total. The first kappa shape index (κ1) is 11.5. The van der Waals surface area contributed by atoms with E-state index < -0.39 is 17.9 Å². The molecule has 1 aliphatic carbocycles. The molecule has 0 amide bonds. The minimum absolute atomic E-state index is 0.0919. The first-order valence-corrected chi connectivity index (χ1v) is 5.20. The number of hydrogen-bond donors (Lipinski definition) is 1. The number of rotatable bonds is 5. The summed E-state index contributed by atoms with van der Waals surface area (Å²) in [4.78, 5) is 0. The van der Waals surface area contributed by atoms with Crippen LogP contribution in [0, 0.1) is 5.41 Å². The van der Waals surface area contributed by atoms with E-state index in [-0.39, 0.29) is 13.0 Å². The van der Waals surface area contributed by atoms with Crippen molar-refractivity contribution < 1.29 is 18.6 Å². The lowest BCUT2D eigenvalue weighted by atomic mass is 10.1. The average molecular weight is 228 g/mol. The van der Waals surface area contributed by atoms with Gasteiger partial charge in [0.25, 0.3) is 5.92 Å². The number of hydrogen-bond acceptors (Lipinski definition) is 2. The van der Waals surface area contributed by atoms with Gasteiger partial charge in [-0.15, -0.1) is 0 Å². The van der Waals surface area contributed by atoms with Crippen LogP contribution in [-0.2, 0) is 11.3 Å². The lowest BCUT2D eigenvalue weighted by molar-refractivity contribution is -0.0205. The van der Waals surface area contributed by atoms with Crippen molar-refractivity contribution in [3.63, 3.8) is 0 Å². The molecule has 4 heteroatoms. The zero-order valence-electron chi connectivity index (χ0n) is 8.83. The largest absolute Gasteiger partial charge is 0.395 e. The maximum atomic E-state index is 12.9. The van der Waals surface area contributed by atoms with E-state index in [9.17, 15) is 8.78 Å². The Balaban J connectivity index is 1.81. The zero-order valence-corrected chi connectivity index (χ0v) is 8.83. The smallest absolute Gasteiger partial charge is 0.259 e. The molecular weight excluding hydrogens is 214 g/mol. The van der Waals surface area contributed by atoms with Crippen LogP contribution >= 0.6 is 0 Å². The molecule has 0 aliphatic heterocycles. The lowest BCUT2D eigenvalue weighted by Gasteiger charge is -2.13. The summed E-state index contributed by atoms with van der Waals surface area (Å²) >= 11 is 0. The third-order valence-corrected chi connectivity index (χ3v) is 3.00. The molecular formula is C12H14F2O2. The minimum Gasteiger partial charge on any atom is -0.395 e. The summed E-state index contributed by atoms with van der Waals surface area (Å²) in [5, 5.41) is 8.93. The summed E-state index contributed by atoms with van der Waals surface area (Å²) in [7, 11) is 0.